The predicted octanol–water partition coefficient (Wildman–Crippen LogP) is 2.42. The summed E-state index contributed by atoms with van der Waals surface area (Å²) in [5.74, 6) is 5.73. The van der Waals surface area contributed by atoms with Gasteiger partial charge in [0.15, 0.2) is 0 Å². The number of nitrogens with zero attached hydrogens (tertiary/aromatic N) is 1. The molecule has 0 aliphatic carbocycles. The quantitative estimate of drug-likeness (QED) is 0.675. The molecule has 2 rings (SSSR count). The van der Waals surface area contributed by atoms with E-state index < -0.39 is 0 Å². The monoisotopic (exact) mass is 227 g/mol. The van der Waals surface area contributed by atoms with E-state index in [0.717, 1.165) is 25.9 Å². The molecule has 1 aliphatic heterocycles. The summed E-state index contributed by atoms with van der Waals surface area (Å²) >= 11 is 0. The summed E-state index contributed by atoms with van der Waals surface area (Å²) in [4.78, 5) is 13.6. The van der Waals surface area contributed by atoms with Crippen LogP contribution in [0.5, 0.6) is 0 Å². The number of likely N-dealkylation sites (tertiary alicyclic amines) is 1. The summed E-state index contributed by atoms with van der Waals surface area (Å²) in [5.41, 5.74) is 1.33. The van der Waals surface area contributed by atoms with E-state index in [1.54, 1.807) is 6.92 Å². The lowest BCUT2D eigenvalue weighted by atomic mass is 9.91. The summed E-state index contributed by atoms with van der Waals surface area (Å²) in [5, 5.41) is 0. The summed E-state index contributed by atoms with van der Waals surface area (Å²) in [6.45, 7) is 3.35. The van der Waals surface area contributed by atoms with Crippen LogP contribution in [0.2, 0.25) is 0 Å². The predicted molar refractivity (Wildman–Crippen MR) is 68.4 cm³/mol. The lowest BCUT2D eigenvalue weighted by molar-refractivity contribution is -0.126. The highest BCUT2D eigenvalue weighted by Crippen LogP contribution is 2.26. The summed E-state index contributed by atoms with van der Waals surface area (Å²) < 4.78 is 0. The van der Waals surface area contributed by atoms with Crippen LogP contribution in [0, 0.1) is 11.8 Å². The molecule has 88 valence electrons. The van der Waals surface area contributed by atoms with Crippen molar-refractivity contribution in [3.05, 3.63) is 35.9 Å². The molecule has 1 atom stereocenters. The normalized spacial score (nSPS) is 19.4. The van der Waals surface area contributed by atoms with Crippen molar-refractivity contribution in [2.75, 3.05) is 13.1 Å². The van der Waals surface area contributed by atoms with Crippen LogP contribution in [-0.2, 0) is 4.79 Å². The Balaban J connectivity index is 2.07. The highest BCUT2D eigenvalue weighted by molar-refractivity contribution is 5.93. The van der Waals surface area contributed by atoms with Crippen LogP contribution >= 0.6 is 0 Å². The highest BCUT2D eigenvalue weighted by atomic mass is 16.2. The maximum absolute atomic E-state index is 11.7. The molecule has 17 heavy (non-hydrogen) atoms. The van der Waals surface area contributed by atoms with Gasteiger partial charge in [0.25, 0.3) is 5.91 Å². The third-order valence-corrected chi connectivity index (χ3v) is 3.21. The zero-order chi connectivity index (χ0) is 12.1. The Morgan fingerprint density at radius 2 is 2.12 bits per heavy atom. The van der Waals surface area contributed by atoms with Crippen molar-refractivity contribution in [3.8, 4) is 11.8 Å². The SMILES string of the molecule is CC#CC(=O)N1CCC[C@@H](c2ccccc2)C1. The molecule has 0 aromatic heterocycles. The third-order valence-electron chi connectivity index (χ3n) is 3.21. The fraction of sp³-hybridized carbons (Fsp3) is 0.400. The maximum atomic E-state index is 11.7. The van der Waals surface area contributed by atoms with Gasteiger partial charge >= 0.3 is 0 Å². The molecule has 0 N–H and O–H groups in total. The lowest BCUT2D eigenvalue weighted by Gasteiger charge is -2.31. The van der Waals surface area contributed by atoms with Crippen LogP contribution < -0.4 is 0 Å². The topological polar surface area (TPSA) is 20.3 Å². The second kappa shape index (κ2) is 5.54. The molecule has 0 radical (unpaired) electrons. The van der Waals surface area contributed by atoms with Crippen molar-refractivity contribution >= 4 is 5.91 Å². The van der Waals surface area contributed by atoms with E-state index in [4.69, 9.17) is 0 Å². The van der Waals surface area contributed by atoms with Gasteiger partial charge in [-0.1, -0.05) is 36.3 Å². The lowest BCUT2D eigenvalue weighted by Crippen LogP contribution is -2.38. The first kappa shape index (κ1) is 11.7. The van der Waals surface area contributed by atoms with E-state index in [2.05, 4.69) is 36.1 Å². The number of piperidine rings is 1. The number of benzene rings is 1. The van der Waals surface area contributed by atoms with Gasteiger partial charge in [0.2, 0.25) is 0 Å². The van der Waals surface area contributed by atoms with Gasteiger partial charge in [-0.25, -0.2) is 0 Å². The van der Waals surface area contributed by atoms with Crippen LogP contribution in [-0.4, -0.2) is 23.9 Å². The van der Waals surface area contributed by atoms with Crippen molar-refractivity contribution < 1.29 is 4.79 Å². The van der Waals surface area contributed by atoms with Gasteiger partial charge in [-0.3, -0.25) is 4.79 Å². The minimum absolute atomic E-state index is 0.0341. The van der Waals surface area contributed by atoms with Crippen LogP contribution in [0.3, 0.4) is 0 Å². The van der Waals surface area contributed by atoms with Crippen LogP contribution in [0.15, 0.2) is 30.3 Å². The number of amides is 1. The van der Waals surface area contributed by atoms with Gasteiger partial charge in [0, 0.05) is 19.0 Å². The summed E-state index contributed by atoms with van der Waals surface area (Å²) in [7, 11) is 0. The zero-order valence-corrected chi connectivity index (χ0v) is 10.1. The average Bonchev–Trinajstić information content (AvgIpc) is 2.40. The van der Waals surface area contributed by atoms with Gasteiger partial charge in [-0.05, 0) is 31.2 Å². The molecular weight excluding hydrogens is 210 g/mol. The molecule has 0 unspecified atom stereocenters. The molecule has 1 aromatic carbocycles. The fourth-order valence-corrected chi connectivity index (χ4v) is 2.34. The van der Waals surface area contributed by atoms with E-state index in [1.165, 1.54) is 5.56 Å². The van der Waals surface area contributed by atoms with Crippen molar-refractivity contribution in [2.24, 2.45) is 0 Å². The Labute approximate surface area is 103 Å². The van der Waals surface area contributed by atoms with E-state index in [-0.39, 0.29) is 5.91 Å². The third kappa shape index (κ3) is 2.88. The molecule has 2 heteroatoms. The van der Waals surface area contributed by atoms with Gasteiger partial charge < -0.3 is 4.90 Å². The molecule has 1 aliphatic rings. The molecule has 0 spiro atoms. The number of hydrogen-bond acceptors (Lipinski definition) is 1. The molecule has 2 nitrogen and oxygen atoms in total. The van der Waals surface area contributed by atoms with Gasteiger partial charge in [-0.15, -0.1) is 0 Å². The Morgan fingerprint density at radius 1 is 1.35 bits per heavy atom. The minimum Gasteiger partial charge on any atom is -0.331 e. The van der Waals surface area contributed by atoms with Crippen molar-refractivity contribution in [2.45, 2.75) is 25.7 Å². The summed E-state index contributed by atoms with van der Waals surface area (Å²) in [6, 6.07) is 10.4. The first-order valence-electron chi connectivity index (χ1n) is 6.08. The van der Waals surface area contributed by atoms with Crippen molar-refractivity contribution in [1.29, 1.82) is 0 Å². The molecule has 1 fully saturated rings. The molecule has 1 aromatic rings. The van der Waals surface area contributed by atoms with E-state index in [0.29, 0.717) is 5.92 Å². The van der Waals surface area contributed by atoms with Gasteiger partial charge in [0.1, 0.15) is 0 Å². The second-order valence-electron chi connectivity index (χ2n) is 4.38. The molecular formula is C15H17NO. The molecule has 1 saturated heterocycles. The fourth-order valence-electron chi connectivity index (χ4n) is 2.34. The molecule has 0 saturated carbocycles. The number of hydrogen-bond donors (Lipinski definition) is 0. The Bertz CT molecular complexity index is 441. The van der Waals surface area contributed by atoms with Crippen LogP contribution in [0.1, 0.15) is 31.2 Å². The van der Waals surface area contributed by atoms with Crippen molar-refractivity contribution in [1.82, 2.24) is 4.90 Å². The number of carbonyl (C=O) groups is 1. The van der Waals surface area contributed by atoms with E-state index in [9.17, 15) is 4.79 Å². The first-order chi connectivity index (χ1) is 8.31. The zero-order valence-electron chi connectivity index (χ0n) is 10.1. The Morgan fingerprint density at radius 3 is 2.82 bits per heavy atom. The standard InChI is InChI=1S/C15H17NO/c1-2-7-15(17)16-11-6-10-14(12-16)13-8-4-3-5-9-13/h3-5,8-9,14H,6,10-12H2,1H3/t14-/m1/s1. The molecule has 1 heterocycles. The Hall–Kier alpha value is -1.75. The van der Waals surface area contributed by atoms with Crippen LogP contribution in [0.4, 0.5) is 0 Å². The first-order valence-corrected chi connectivity index (χ1v) is 6.08. The van der Waals surface area contributed by atoms with E-state index >= 15 is 0 Å². The average molecular weight is 227 g/mol. The smallest absolute Gasteiger partial charge is 0.298 e. The largest absolute Gasteiger partial charge is 0.331 e. The highest BCUT2D eigenvalue weighted by Gasteiger charge is 2.23. The van der Waals surface area contributed by atoms with E-state index in [1.807, 2.05) is 11.0 Å². The minimum atomic E-state index is -0.0341. The molecule has 1 amide bonds. The number of rotatable bonds is 1. The summed E-state index contributed by atoms with van der Waals surface area (Å²) in [6.07, 6.45) is 2.23. The Kier molecular flexibility index (Phi) is 3.82. The van der Waals surface area contributed by atoms with Crippen LogP contribution in [0.25, 0.3) is 0 Å². The molecule has 0 bridgehead atoms. The van der Waals surface area contributed by atoms with Gasteiger partial charge in [-0.2, -0.15) is 0 Å². The number of carbonyl (C=O) groups excluding carboxylic acids is 1. The maximum Gasteiger partial charge on any atom is 0.298 e. The second-order valence-corrected chi connectivity index (χ2v) is 4.38. The van der Waals surface area contributed by atoms with Gasteiger partial charge in [0.05, 0.1) is 0 Å². The van der Waals surface area contributed by atoms with Crippen molar-refractivity contribution in [3.63, 3.8) is 0 Å².